The van der Waals surface area contributed by atoms with E-state index in [2.05, 4.69) is 15.6 Å². The molecule has 2 N–H and O–H groups in total. The Bertz CT molecular complexity index is 1300. The first-order valence-electron chi connectivity index (χ1n) is 11.5. The number of nitrogens with zero attached hydrogens (tertiary/aromatic N) is 4. The Labute approximate surface area is 208 Å². The van der Waals surface area contributed by atoms with Gasteiger partial charge in [-0.15, -0.1) is 16.4 Å². The molecule has 4 rings (SSSR count). The minimum Gasteiger partial charge on any atom is -0.508 e. The molecular weight excluding hydrogens is 462 g/mol. The molecule has 2 amide bonds. The number of benzene rings is 2. The summed E-state index contributed by atoms with van der Waals surface area (Å²) >= 11 is 1.52. The van der Waals surface area contributed by atoms with Crippen LogP contribution in [-0.2, 0) is 22.7 Å². The largest absolute Gasteiger partial charge is 0.508 e. The summed E-state index contributed by atoms with van der Waals surface area (Å²) in [6.45, 7) is 6.09. The molecule has 2 heterocycles. The van der Waals surface area contributed by atoms with Gasteiger partial charge in [-0.1, -0.05) is 42.5 Å². The predicted octanol–water partition coefficient (Wildman–Crippen LogP) is 4.27. The highest BCUT2D eigenvalue weighted by Crippen LogP contribution is 2.28. The van der Waals surface area contributed by atoms with E-state index in [9.17, 15) is 14.7 Å². The van der Waals surface area contributed by atoms with E-state index in [-0.39, 0.29) is 30.7 Å². The minimum absolute atomic E-state index is 0.0646. The van der Waals surface area contributed by atoms with Gasteiger partial charge in [0.05, 0.1) is 12.1 Å². The van der Waals surface area contributed by atoms with E-state index >= 15 is 0 Å². The first-order valence-corrected chi connectivity index (χ1v) is 12.4. The number of amides is 2. The normalized spacial score (nSPS) is 12.4. The third-order valence-corrected chi connectivity index (χ3v) is 6.91. The topological polar surface area (TPSA) is 100 Å². The zero-order valence-electron chi connectivity index (χ0n) is 20.0. The van der Waals surface area contributed by atoms with Crippen molar-refractivity contribution in [2.24, 2.45) is 0 Å². The maximum absolute atomic E-state index is 13.8. The summed E-state index contributed by atoms with van der Waals surface area (Å²) < 4.78 is 1.56. The third kappa shape index (κ3) is 5.68. The third-order valence-electron chi connectivity index (χ3n) is 6.05. The van der Waals surface area contributed by atoms with Crippen LogP contribution in [0, 0.1) is 0 Å². The number of hydrogen-bond donors (Lipinski definition) is 2. The Balaban J connectivity index is 1.74. The second kappa shape index (κ2) is 10.3. The van der Waals surface area contributed by atoms with Gasteiger partial charge < -0.3 is 15.3 Å². The predicted molar refractivity (Wildman–Crippen MR) is 136 cm³/mol. The Morgan fingerprint density at radius 3 is 2.54 bits per heavy atom. The summed E-state index contributed by atoms with van der Waals surface area (Å²) in [5.41, 5.74) is 1.60. The van der Waals surface area contributed by atoms with Crippen molar-refractivity contribution in [2.75, 3.05) is 0 Å². The number of para-hydroxylation sites is 1. The van der Waals surface area contributed by atoms with Gasteiger partial charge in [0.1, 0.15) is 23.9 Å². The van der Waals surface area contributed by atoms with Crippen LogP contribution in [0.4, 0.5) is 0 Å². The summed E-state index contributed by atoms with van der Waals surface area (Å²) in [4.78, 5) is 30.0. The lowest BCUT2D eigenvalue weighted by Crippen LogP contribution is -2.50. The summed E-state index contributed by atoms with van der Waals surface area (Å²) in [5, 5.41) is 23.2. The Morgan fingerprint density at radius 1 is 1.11 bits per heavy atom. The number of carbonyl (C=O) groups is 2. The number of thiophene rings is 1. The van der Waals surface area contributed by atoms with Crippen molar-refractivity contribution in [3.63, 3.8) is 0 Å². The fourth-order valence-electron chi connectivity index (χ4n) is 3.77. The van der Waals surface area contributed by atoms with Crippen LogP contribution in [0.2, 0.25) is 0 Å². The van der Waals surface area contributed by atoms with Crippen LogP contribution in [0.5, 0.6) is 5.75 Å². The molecule has 0 saturated carbocycles. The summed E-state index contributed by atoms with van der Waals surface area (Å²) in [5.74, 6) is -0.459. The van der Waals surface area contributed by atoms with Crippen LogP contribution in [-0.4, -0.2) is 42.4 Å². The lowest BCUT2D eigenvalue weighted by molar-refractivity contribution is -0.142. The van der Waals surface area contributed by atoms with Crippen LogP contribution >= 0.6 is 11.3 Å². The summed E-state index contributed by atoms with van der Waals surface area (Å²) in [6.07, 6.45) is 0.727. The van der Waals surface area contributed by atoms with Crippen molar-refractivity contribution in [1.82, 2.24) is 25.2 Å². The average molecular weight is 492 g/mol. The van der Waals surface area contributed by atoms with E-state index in [1.807, 2.05) is 62.5 Å². The van der Waals surface area contributed by atoms with Gasteiger partial charge in [0.25, 0.3) is 0 Å². The van der Waals surface area contributed by atoms with Crippen molar-refractivity contribution in [1.29, 1.82) is 0 Å². The van der Waals surface area contributed by atoms with Crippen molar-refractivity contribution in [3.05, 3.63) is 76.5 Å². The maximum atomic E-state index is 13.8. The van der Waals surface area contributed by atoms with E-state index in [0.29, 0.717) is 11.1 Å². The average Bonchev–Trinajstić information content (AvgIpc) is 3.50. The quantitative estimate of drug-likeness (QED) is 0.364. The SMILES string of the molecule is CCC(C)(C)NC(=O)[C@@H](c1ccc(O)cc1)N(Cc1cccs1)C(=O)Cn1nnc2ccccc21. The molecule has 2 aromatic carbocycles. The van der Waals surface area contributed by atoms with Crippen molar-refractivity contribution in [3.8, 4) is 5.75 Å². The van der Waals surface area contributed by atoms with Crippen molar-refractivity contribution < 1.29 is 14.7 Å². The van der Waals surface area contributed by atoms with Gasteiger partial charge in [-0.25, -0.2) is 4.68 Å². The number of hydrogen-bond acceptors (Lipinski definition) is 6. The maximum Gasteiger partial charge on any atom is 0.247 e. The zero-order chi connectivity index (χ0) is 25.0. The van der Waals surface area contributed by atoms with E-state index in [1.54, 1.807) is 21.7 Å². The molecule has 0 bridgehead atoms. The lowest BCUT2D eigenvalue weighted by atomic mass is 9.98. The molecule has 0 saturated heterocycles. The molecule has 0 spiro atoms. The number of fused-ring (bicyclic) bond motifs is 1. The molecule has 0 aliphatic heterocycles. The van der Waals surface area contributed by atoms with Crippen LogP contribution < -0.4 is 5.32 Å². The van der Waals surface area contributed by atoms with Crippen LogP contribution in [0.1, 0.15) is 43.7 Å². The van der Waals surface area contributed by atoms with Gasteiger partial charge in [0, 0.05) is 10.4 Å². The van der Waals surface area contributed by atoms with Gasteiger partial charge >= 0.3 is 0 Å². The van der Waals surface area contributed by atoms with Crippen LogP contribution in [0.15, 0.2) is 66.0 Å². The number of aromatic hydroxyl groups is 1. The lowest BCUT2D eigenvalue weighted by Gasteiger charge is -2.34. The number of rotatable bonds is 9. The molecule has 9 heteroatoms. The van der Waals surface area contributed by atoms with Crippen molar-refractivity contribution >= 4 is 34.2 Å². The number of nitrogens with one attached hydrogen (secondary N) is 1. The van der Waals surface area contributed by atoms with Gasteiger partial charge in [-0.05, 0) is 61.5 Å². The molecule has 182 valence electrons. The van der Waals surface area contributed by atoms with Gasteiger partial charge in [-0.2, -0.15) is 0 Å². The van der Waals surface area contributed by atoms with Gasteiger partial charge in [-0.3, -0.25) is 9.59 Å². The highest BCUT2D eigenvalue weighted by molar-refractivity contribution is 7.09. The van der Waals surface area contributed by atoms with E-state index in [1.165, 1.54) is 23.5 Å². The van der Waals surface area contributed by atoms with Crippen LogP contribution in [0.25, 0.3) is 11.0 Å². The number of carbonyl (C=O) groups excluding carboxylic acids is 2. The standard InChI is InChI=1S/C26H29N5O3S/c1-4-26(2,3)27-25(34)24(18-11-13-19(32)14-12-18)30(16-20-8-7-15-35-20)23(33)17-31-22-10-6-5-9-21(22)28-29-31/h5-15,24,32H,4,16-17H2,1-3H3,(H,27,34)/t24-/m1/s1. The van der Waals surface area contributed by atoms with E-state index in [4.69, 9.17) is 0 Å². The second-order valence-corrected chi connectivity index (χ2v) is 10.1. The highest BCUT2D eigenvalue weighted by Gasteiger charge is 2.34. The fourth-order valence-corrected chi connectivity index (χ4v) is 4.47. The Hall–Kier alpha value is -3.72. The van der Waals surface area contributed by atoms with Crippen molar-refractivity contribution in [2.45, 2.75) is 51.9 Å². The molecule has 0 fully saturated rings. The Kier molecular flexibility index (Phi) is 7.16. The molecule has 4 aromatic rings. The monoisotopic (exact) mass is 491 g/mol. The van der Waals surface area contributed by atoms with Crippen LogP contribution in [0.3, 0.4) is 0 Å². The van der Waals surface area contributed by atoms with Gasteiger partial charge in [0.2, 0.25) is 11.8 Å². The summed E-state index contributed by atoms with van der Waals surface area (Å²) in [7, 11) is 0. The van der Waals surface area contributed by atoms with Gasteiger partial charge in [0.15, 0.2) is 0 Å². The second-order valence-electron chi connectivity index (χ2n) is 9.06. The first kappa shape index (κ1) is 24.4. The smallest absolute Gasteiger partial charge is 0.247 e. The zero-order valence-corrected chi connectivity index (χ0v) is 20.8. The molecule has 0 radical (unpaired) electrons. The highest BCUT2D eigenvalue weighted by atomic mass is 32.1. The molecule has 1 atom stereocenters. The molecular formula is C26H29N5O3S. The fraction of sp³-hybridized carbons (Fsp3) is 0.308. The number of phenols is 1. The molecule has 35 heavy (non-hydrogen) atoms. The molecule has 0 aliphatic rings. The Morgan fingerprint density at radius 2 is 1.86 bits per heavy atom. The number of phenolic OH excluding ortho intramolecular Hbond substituents is 1. The van der Waals surface area contributed by atoms with E-state index < -0.39 is 11.6 Å². The molecule has 0 aliphatic carbocycles. The van der Waals surface area contributed by atoms with E-state index in [0.717, 1.165) is 16.8 Å². The molecule has 8 nitrogen and oxygen atoms in total. The first-order chi connectivity index (χ1) is 16.8. The number of aromatic nitrogens is 3. The molecule has 0 unspecified atom stereocenters. The summed E-state index contributed by atoms with van der Waals surface area (Å²) in [6, 6.07) is 16.8. The minimum atomic E-state index is -0.897. The molecule has 2 aromatic heterocycles.